The molecule has 3 aliphatic rings. The van der Waals surface area contributed by atoms with Gasteiger partial charge in [0, 0.05) is 40.5 Å². The van der Waals surface area contributed by atoms with E-state index in [2.05, 4.69) is 11.4 Å². The van der Waals surface area contributed by atoms with E-state index < -0.39 is 0 Å². The molecule has 176 valence electrons. The van der Waals surface area contributed by atoms with Crippen molar-refractivity contribution in [1.82, 2.24) is 9.80 Å². The zero-order valence-electron chi connectivity index (χ0n) is 18.5. The molecule has 2 fully saturated rings. The Morgan fingerprint density at radius 2 is 1.97 bits per heavy atom. The predicted molar refractivity (Wildman–Crippen MR) is 131 cm³/mol. The molecule has 1 aromatic carbocycles. The molecule has 5 nitrogen and oxygen atoms in total. The lowest BCUT2D eigenvalue weighted by Gasteiger charge is -2.39. The number of carbonyl (C=O) groups is 2. The van der Waals surface area contributed by atoms with Crippen LogP contribution in [0.25, 0.3) is 0 Å². The molecule has 2 amide bonds. The van der Waals surface area contributed by atoms with Gasteiger partial charge in [-0.3, -0.25) is 9.59 Å². The van der Waals surface area contributed by atoms with E-state index in [9.17, 15) is 9.59 Å². The van der Waals surface area contributed by atoms with E-state index in [1.807, 2.05) is 17.0 Å². The lowest BCUT2D eigenvalue weighted by Crippen LogP contribution is -2.50. The first-order chi connectivity index (χ1) is 16.0. The average Bonchev–Trinajstić information content (AvgIpc) is 3.43. The van der Waals surface area contributed by atoms with Crippen LogP contribution >= 0.6 is 34.5 Å². The Morgan fingerprint density at radius 1 is 1.12 bits per heavy atom. The maximum atomic E-state index is 13.7. The van der Waals surface area contributed by atoms with Gasteiger partial charge in [0.2, 0.25) is 11.8 Å². The van der Waals surface area contributed by atoms with Crippen LogP contribution in [0.3, 0.4) is 0 Å². The van der Waals surface area contributed by atoms with Crippen molar-refractivity contribution < 1.29 is 14.3 Å². The highest BCUT2D eigenvalue weighted by molar-refractivity contribution is 7.10. The van der Waals surface area contributed by atoms with E-state index in [0.29, 0.717) is 23.1 Å². The fraction of sp³-hybridized carbons (Fsp3) is 0.520. The first-order valence-electron chi connectivity index (χ1n) is 11.7. The molecule has 1 saturated heterocycles. The Labute approximate surface area is 208 Å². The van der Waals surface area contributed by atoms with Gasteiger partial charge in [0.15, 0.2) is 0 Å². The first-order valence-corrected chi connectivity index (χ1v) is 13.4. The molecule has 1 aliphatic carbocycles. The van der Waals surface area contributed by atoms with Crippen LogP contribution in [0.15, 0.2) is 29.6 Å². The number of hydrogen-bond donors (Lipinski definition) is 0. The molecule has 8 heteroatoms. The maximum Gasteiger partial charge on any atom is 0.242 e. The standard InChI is InChI=1S/C25H28Cl2N2O3S/c26-17-6-7-19(21(27)13-17)24-20-9-12-33-22(20)8-10-29(24)23(30)15-28(14-18-5-2-11-32-18)25(31)16-3-1-4-16/h6-7,9,12-13,16,18,24H,1-5,8,10-11,14-15H2. The largest absolute Gasteiger partial charge is 0.376 e. The monoisotopic (exact) mass is 506 g/mol. The average molecular weight is 507 g/mol. The van der Waals surface area contributed by atoms with Crippen LogP contribution in [0, 0.1) is 5.92 Å². The van der Waals surface area contributed by atoms with Crippen molar-refractivity contribution in [2.75, 3.05) is 26.2 Å². The summed E-state index contributed by atoms with van der Waals surface area (Å²) < 4.78 is 5.80. The molecule has 2 aromatic rings. The highest BCUT2D eigenvalue weighted by atomic mass is 35.5. The molecular weight excluding hydrogens is 479 g/mol. The molecule has 2 aliphatic heterocycles. The quantitative estimate of drug-likeness (QED) is 0.531. The molecule has 0 radical (unpaired) electrons. The van der Waals surface area contributed by atoms with Crippen LogP contribution in [0.1, 0.15) is 54.1 Å². The SMILES string of the molecule is O=C(C1CCC1)N(CC(=O)N1CCc2sccc2C1c1ccc(Cl)cc1Cl)CC1CCCO1. The van der Waals surface area contributed by atoms with Crippen molar-refractivity contribution in [3.05, 3.63) is 55.7 Å². The highest BCUT2D eigenvalue weighted by Crippen LogP contribution is 2.41. The topological polar surface area (TPSA) is 49.9 Å². The Bertz CT molecular complexity index is 1030. The van der Waals surface area contributed by atoms with Gasteiger partial charge in [0.25, 0.3) is 0 Å². The van der Waals surface area contributed by atoms with Crippen molar-refractivity contribution in [2.45, 2.75) is 50.7 Å². The van der Waals surface area contributed by atoms with Crippen LogP contribution in [0.5, 0.6) is 0 Å². The Balaban J connectivity index is 1.41. The van der Waals surface area contributed by atoms with Gasteiger partial charge in [0.1, 0.15) is 0 Å². The second-order valence-electron chi connectivity index (χ2n) is 9.19. The number of hydrogen-bond acceptors (Lipinski definition) is 4. The molecular formula is C25H28Cl2N2O3S. The second kappa shape index (κ2) is 9.95. The molecule has 0 bridgehead atoms. The van der Waals surface area contributed by atoms with Crippen molar-refractivity contribution in [2.24, 2.45) is 5.92 Å². The zero-order valence-corrected chi connectivity index (χ0v) is 20.8. The summed E-state index contributed by atoms with van der Waals surface area (Å²) in [5, 5.41) is 3.18. The van der Waals surface area contributed by atoms with Crippen LogP contribution in [-0.4, -0.2) is 54.0 Å². The number of rotatable bonds is 6. The van der Waals surface area contributed by atoms with E-state index >= 15 is 0 Å². The number of thiophene rings is 1. The van der Waals surface area contributed by atoms with Crippen molar-refractivity contribution in [3.8, 4) is 0 Å². The minimum atomic E-state index is -0.277. The van der Waals surface area contributed by atoms with Crippen LogP contribution in [-0.2, 0) is 20.7 Å². The van der Waals surface area contributed by atoms with Gasteiger partial charge in [-0.15, -0.1) is 11.3 Å². The Hall–Kier alpha value is -1.60. The lowest BCUT2D eigenvalue weighted by atomic mass is 9.84. The minimum absolute atomic E-state index is 0.0214. The molecule has 0 N–H and O–H groups in total. The third kappa shape index (κ3) is 4.81. The minimum Gasteiger partial charge on any atom is -0.376 e. The molecule has 0 spiro atoms. The molecule has 3 heterocycles. The molecule has 5 rings (SSSR count). The van der Waals surface area contributed by atoms with Gasteiger partial charge in [-0.2, -0.15) is 0 Å². The van der Waals surface area contributed by atoms with E-state index in [1.54, 1.807) is 22.3 Å². The van der Waals surface area contributed by atoms with E-state index in [4.69, 9.17) is 27.9 Å². The van der Waals surface area contributed by atoms with Crippen LogP contribution in [0.4, 0.5) is 0 Å². The number of halogens is 2. The summed E-state index contributed by atoms with van der Waals surface area (Å²) in [6.07, 6.45) is 5.70. The Morgan fingerprint density at radius 3 is 2.67 bits per heavy atom. The van der Waals surface area contributed by atoms with Crippen molar-refractivity contribution in [3.63, 3.8) is 0 Å². The number of benzene rings is 1. The molecule has 2 atom stereocenters. The summed E-state index contributed by atoms with van der Waals surface area (Å²) in [7, 11) is 0. The van der Waals surface area contributed by atoms with Gasteiger partial charge in [-0.25, -0.2) is 0 Å². The summed E-state index contributed by atoms with van der Waals surface area (Å²) >= 11 is 14.5. The summed E-state index contributed by atoms with van der Waals surface area (Å²) in [5.41, 5.74) is 1.98. The fourth-order valence-electron chi connectivity index (χ4n) is 5.08. The lowest BCUT2D eigenvalue weighted by molar-refractivity contribution is -0.147. The van der Waals surface area contributed by atoms with E-state index in [1.165, 1.54) is 4.88 Å². The summed E-state index contributed by atoms with van der Waals surface area (Å²) in [4.78, 5) is 31.9. The summed E-state index contributed by atoms with van der Waals surface area (Å²) in [6, 6.07) is 7.26. The molecule has 1 aromatic heterocycles. The second-order valence-corrected chi connectivity index (χ2v) is 11.0. The van der Waals surface area contributed by atoms with Gasteiger partial charge in [-0.05, 0) is 66.8 Å². The van der Waals surface area contributed by atoms with Gasteiger partial charge >= 0.3 is 0 Å². The highest BCUT2D eigenvalue weighted by Gasteiger charge is 2.37. The normalized spacial score (nSPS) is 22.7. The first kappa shape index (κ1) is 23.2. The maximum absolute atomic E-state index is 13.7. The van der Waals surface area contributed by atoms with Gasteiger partial charge in [-0.1, -0.05) is 35.7 Å². The number of fused-ring (bicyclic) bond motifs is 1. The number of amides is 2. The molecule has 33 heavy (non-hydrogen) atoms. The number of ether oxygens (including phenoxy) is 1. The van der Waals surface area contributed by atoms with E-state index in [-0.39, 0.29) is 36.4 Å². The number of nitrogens with zero attached hydrogens (tertiary/aromatic N) is 2. The van der Waals surface area contributed by atoms with E-state index in [0.717, 1.165) is 56.3 Å². The third-order valence-corrected chi connectivity index (χ3v) is 8.64. The Kier molecular flexibility index (Phi) is 6.98. The fourth-order valence-corrected chi connectivity index (χ4v) is 6.49. The predicted octanol–water partition coefficient (Wildman–Crippen LogP) is 5.34. The number of carbonyl (C=O) groups excluding carboxylic acids is 2. The smallest absolute Gasteiger partial charge is 0.242 e. The molecule has 1 saturated carbocycles. The van der Waals surface area contributed by atoms with Gasteiger partial charge in [0.05, 0.1) is 18.7 Å². The molecule has 2 unspecified atom stereocenters. The summed E-state index contributed by atoms with van der Waals surface area (Å²) in [6.45, 7) is 1.90. The van der Waals surface area contributed by atoms with Crippen LogP contribution in [0.2, 0.25) is 10.0 Å². The van der Waals surface area contributed by atoms with Crippen molar-refractivity contribution in [1.29, 1.82) is 0 Å². The van der Waals surface area contributed by atoms with Crippen molar-refractivity contribution >= 4 is 46.4 Å². The zero-order chi connectivity index (χ0) is 22.9. The van der Waals surface area contributed by atoms with Gasteiger partial charge < -0.3 is 14.5 Å². The third-order valence-electron chi connectivity index (χ3n) is 7.08. The summed E-state index contributed by atoms with van der Waals surface area (Å²) in [5.74, 6) is 0.0958. The van der Waals surface area contributed by atoms with Crippen LogP contribution < -0.4 is 0 Å².